The van der Waals surface area contributed by atoms with Crippen LogP contribution >= 0.6 is 0 Å². The third-order valence-corrected chi connectivity index (χ3v) is 5.50. The molecule has 2 aliphatic rings. The number of hydrogen-bond donors (Lipinski definition) is 0. The van der Waals surface area contributed by atoms with Crippen LogP contribution < -0.4 is 0 Å². The van der Waals surface area contributed by atoms with Crippen LogP contribution in [0.4, 0.5) is 0 Å². The molecule has 5 unspecified atom stereocenters. The van der Waals surface area contributed by atoms with E-state index in [9.17, 15) is 0 Å². The fourth-order valence-electron chi connectivity index (χ4n) is 4.46. The van der Waals surface area contributed by atoms with E-state index in [-0.39, 0.29) is 0 Å². The second-order valence-corrected chi connectivity index (χ2v) is 6.14. The van der Waals surface area contributed by atoms with Gasteiger partial charge in [0.05, 0.1) is 0 Å². The lowest BCUT2D eigenvalue weighted by Crippen LogP contribution is -2.21. The van der Waals surface area contributed by atoms with Gasteiger partial charge in [0.15, 0.2) is 0 Å². The van der Waals surface area contributed by atoms with Crippen LogP contribution in [0.1, 0.15) is 65.7 Å². The first-order valence-corrected chi connectivity index (χ1v) is 7.25. The summed E-state index contributed by atoms with van der Waals surface area (Å²) in [4.78, 5) is 0. The molecule has 0 radical (unpaired) electrons. The third-order valence-electron chi connectivity index (χ3n) is 5.50. The van der Waals surface area contributed by atoms with Crippen molar-refractivity contribution in [2.24, 2.45) is 29.6 Å². The molecular weight excluding hydrogens is 180 g/mol. The SMILES string of the molecule is CCCCC1C(C)C(C)C2CCCCC12. The molecule has 0 aromatic heterocycles. The van der Waals surface area contributed by atoms with Crippen molar-refractivity contribution in [3.8, 4) is 0 Å². The Hall–Kier alpha value is 0. The van der Waals surface area contributed by atoms with Crippen molar-refractivity contribution in [1.29, 1.82) is 0 Å². The fraction of sp³-hybridized carbons (Fsp3) is 1.00. The Morgan fingerprint density at radius 3 is 2.27 bits per heavy atom. The minimum absolute atomic E-state index is 1.00. The van der Waals surface area contributed by atoms with E-state index in [1.54, 1.807) is 12.8 Å². The van der Waals surface area contributed by atoms with E-state index in [1.807, 2.05) is 0 Å². The summed E-state index contributed by atoms with van der Waals surface area (Å²) in [5.74, 6) is 5.29. The molecule has 0 aromatic rings. The van der Waals surface area contributed by atoms with Crippen molar-refractivity contribution in [2.45, 2.75) is 65.7 Å². The fourth-order valence-corrected chi connectivity index (χ4v) is 4.46. The van der Waals surface area contributed by atoms with Gasteiger partial charge in [-0.1, -0.05) is 46.5 Å². The van der Waals surface area contributed by atoms with Gasteiger partial charge in [0.2, 0.25) is 0 Å². The molecule has 5 atom stereocenters. The number of rotatable bonds is 3. The summed E-state index contributed by atoms with van der Waals surface area (Å²) in [6, 6.07) is 0. The van der Waals surface area contributed by atoms with Gasteiger partial charge in [0, 0.05) is 0 Å². The monoisotopic (exact) mass is 208 g/mol. The lowest BCUT2D eigenvalue weighted by atomic mass is 9.75. The molecule has 2 rings (SSSR count). The van der Waals surface area contributed by atoms with Crippen LogP contribution in [0.5, 0.6) is 0 Å². The van der Waals surface area contributed by atoms with Gasteiger partial charge in [-0.25, -0.2) is 0 Å². The van der Waals surface area contributed by atoms with Crippen molar-refractivity contribution in [2.75, 3.05) is 0 Å². The van der Waals surface area contributed by atoms with Gasteiger partial charge in [-0.2, -0.15) is 0 Å². The third kappa shape index (κ3) is 2.10. The van der Waals surface area contributed by atoms with Gasteiger partial charge >= 0.3 is 0 Å². The highest BCUT2D eigenvalue weighted by molar-refractivity contribution is 4.94. The van der Waals surface area contributed by atoms with E-state index in [1.165, 1.54) is 32.1 Å². The van der Waals surface area contributed by atoms with Gasteiger partial charge in [0.1, 0.15) is 0 Å². The Balaban J connectivity index is 2.02. The standard InChI is InChI=1S/C15H28/c1-4-5-8-13-11(2)12(3)14-9-6-7-10-15(13)14/h11-15H,4-10H2,1-3H3. The summed E-state index contributed by atoms with van der Waals surface area (Å²) in [6.45, 7) is 7.39. The maximum atomic E-state index is 2.53. The molecule has 2 fully saturated rings. The highest BCUT2D eigenvalue weighted by Crippen LogP contribution is 2.53. The average Bonchev–Trinajstić information content (AvgIpc) is 2.51. The first-order valence-electron chi connectivity index (χ1n) is 7.25. The quantitative estimate of drug-likeness (QED) is 0.620. The van der Waals surface area contributed by atoms with E-state index in [2.05, 4.69) is 20.8 Å². The summed E-state index contributed by atoms with van der Waals surface area (Å²) in [5, 5.41) is 0. The first-order chi connectivity index (χ1) is 7.25. The second-order valence-electron chi connectivity index (χ2n) is 6.14. The van der Waals surface area contributed by atoms with E-state index in [0.29, 0.717) is 0 Å². The zero-order valence-corrected chi connectivity index (χ0v) is 10.8. The Morgan fingerprint density at radius 2 is 1.60 bits per heavy atom. The molecule has 0 aromatic carbocycles. The van der Waals surface area contributed by atoms with Crippen molar-refractivity contribution in [3.05, 3.63) is 0 Å². The molecule has 0 heteroatoms. The minimum atomic E-state index is 1.00. The van der Waals surface area contributed by atoms with E-state index >= 15 is 0 Å². The van der Waals surface area contributed by atoms with Gasteiger partial charge < -0.3 is 0 Å². The average molecular weight is 208 g/mol. The minimum Gasteiger partial charge on any atom is -0.0654 e. The Bertz CT molecular complexity index is 196. The first kappa shape index (κ1) is 11.5. The number of fused-ring (bicyclic) bond motifs is 1. The van der Waals surface area contributed by atoms with Gasteiger partial charge in [-0.15, -0.1) is 0 Å². The van der Waals surface area contributed by atoms with Crippen LogP contribution in [0.15, 0.2) is 0 Å². The van der Waals surface area contributed by atoms with Gasteiger partial charge in [-0.3, -0.25) is 0 Å². The molecule has 0 aliphatic heterocycles. The molecule has 15 heavy (non-hydrogen) atoms. The van der Waals surface area contributed by atoms with Crippen molar-refractivity contribution < 1.29 is 0 Å². The lowest BCUT2D eigenvalue weighted by molar-refractivity contribution is 0.200. The molecule has 0 N–H and O–H groups in total. The van der Waals surface area contributed by atoms with Crippen LogP contribution in [-0.4, -0.2) is 0 Å². The van der Waals surface area contributed by atoms with E-state index < -0.39 is 0 Å². The van der Waals surface area contributed by atoms with E-state index in [4.69, 9.17) is 0 Å². The largest absolute Gasteiger partial charge is 0.0654 e. The molecule has 2 aliphatic carbocycles. The van der Waals surface area contributed by atoms with Crippen LogP contribution in [0.3, 0.4) is 0 Å². The topological polar surface area (TPSA) is 0 Å². The molecule has 0 nitrogen and oxygen atoms in total. The Labute approximate surface area is 95.8 Å². The molecule has 0 spiro atoms. The van der Waals surface area contributed by atoms with Gasteiger partial charge in [-0.05, 0) is 48.9 Å². The summed E-state index contributed by atoms with van der Waals surface area (Å²) < 4.78 is 0. The predicted molar refractivity (Wildman–Crippen MR) is 66.8 cm³/mol. The van der Waals surface area contributed by atoms with Crippen LogP contribution in [0.2, 0.25) is 0 Å². The Morgan fingerprint density at radius 1 is 0.933 bits per heavy atom. The number of unbranched alkanes of at least 4 members (excludes halogenated alkanes) is 1. The summed E-state index contributed by atoms with van der Waals surface area (Å²) >= 11 is 0. The molecule has 0 bridgehead atoms. The second kappa shape index (κ2) is 4.89. The normalized spacial score (nSPS) is 45.4. The van der Waals surface area contributed by atoms with Gasteiger partial charge in [0.25, 0.3) is 0 Å². The molecular formula is C15H28. The van der Waals surface area contributed by atoms with Crippen LogP contribution in [0, 0.1) is 29.6 Å². The zero-order valence-electron chi connectivity index (χ0n) is 10.8. The van der Waals surface area contributed by atoms with Crippen molar-refractivity contribution in [3.63, 3.8) is 0 Å². The highest BCUT2D eigenvalue weighted by Gasteiger charge is 2.45. The molecule has 0 amide bonds. The molecule has 2 saturated carbocycles. The smallest absolute Gasteiger partial charge is 0.0352 e. The van der Waals surface area contributed by atoms with Crippen molar-refractivity contribution >= 4 is 0 Å². The molecule has 88 valence electrons. The maximum Gasteiger partial charge on any atom is -0.0352 e. The molecule has 0 heterocycles. The molecule has 0 saturated heterocycles. The van der Waals surface area contributed by atoms with Crippen LogP contribution in [-0.2, 0) is 0 Å². The lowest BCUT2D eigenvalue weighted by Gasteiger charge is -2.30. The predicted octanol–water partition coefficient (Wildman–Crippen LogP) is 4.89. The maximum absolute atomic E-state index is 2.53. The zero-order chi connectivity index (χ0) is 10.8. The number of hydrogen-bond acceptors (Lipinski definition) is 0. The van der Waals surface area contributed by atoms with E-state index in [0.717, 1.165) is 29.6 Å². The highest BCUT2D eigenvalue weighted by atomic mass is 14.5. The van der Waals surface area contributed by atoms with Crippen molar-refractivity contribution in [1.82, 2.24) is 0 Å². The summed E-state index contributed by atoms with van der Waals surface area (Å²) in [7, 11) is 0. The Kier molecular flexibility index (Phi) is 3.74. The summed E-state index contributed by atoms with van der Waals surface area (Å²) in [5.41, 5.74) is 0. The summed E-state index contributed by atoms with van der Waals surface area (Å²) in [6.07, 6.45) is 10.5. The van der Waals surface area contributed by atoms with Crippen LogP contribution in [0.25, 0.3) is 0 Å².